The van der Waals surface area contributed by atoms with Crippen molar-refractivity contribution >= 4 is 17.0 Å². The fourth-order valence-corrected chi connectivity index (χ4v) is 14.1. The lowest BCUT2D eigenvalue weighted by atomic mass is 10.5. The summed E-state index contributed by atoms with van der Waals surface area (Å²) in [5, 5.41) is 0. The molecule has 1 rings (SSSR count). The normalized spacial score (nSPS) is 21.6. The topological polar surface area (TPSA) is 21.7 Å². The minimum Gasteiger partial charge on any atom is -0.386 e. The first-order chi connectivity index (χ1) is 7.64. The summed E-state index contributed by atoms with van der Waals surface area (Å²) in [4.78, 5) is 0. The van der Waals surface area contributed by atoms with Crippen molar-refractivity contribution in [2.24, 2.45) is 0 Å². The number of hydrogen-bond donors (Lipinski definition) is 0. The third-order valence-corrected chi connectivity index (χ3v) is 15.5. The van der Waals surface area contributed by atoms with E-state index in [1.54, 1.807) is 0 Å². The molecule has 1 saturated heterocycles. The van der Waals surface area contributed by atoms with Gasteiger partial charge in [0.05, 0.1) is 0 Å². The molecule has 3 nitrogen and oxygen atoms in total. The van der Waals surface area contributed by atoms with E-state index in [9.17, 15) is 0 Å². The van der Waals surface area contributed by atoms with Gasteiger partial charge in [-0.3, -0.25) is 0 Å². The summed E-state index contributed by atoms with van der Waals surface area (Å²) in [6, 6.07) is 5.11. The summed E-state index contributed by atoms with van der Waals surface area (Å²) in [7, 11) is 0.353. The van der Waals surface area contributed by atoms with Crippen molar-refractivity contribution in [1.29, 1.82) is 0 Å². The average molecular weight is 262 g/mol. The molecule has 0 unspecified atom stereocenters. The van der Waals surface area contributed by atoms with Gasteiger partial charge in [-0.25, -0.2) is 0 Å². The molecule has 1 aliphatic rings. The molecule has 0 aromatic heterocycles. The van der Waals surface area contributed by atoms with Crippen LogP contribution in [0.4, 0.5) is 0 Å². The highest BCUT2D eigenvalue weighted by Crippen LogP contribution is 2.37. The second-order valence-electron chi connectivity index (χ2n) is 4.66. The van der Waals surface area contributed by atoms with Crippen molar-refractivity contribution in [2.45, 2.75) is 51.4 Å². The third-order valence-electron chi connectivity index (χ3n) is 4.47. The van der Waals surface area contributed by atoms with Crippen LogP contribution in [0, 0.1) is 0 Å². The summed E-state index contributed by atoms with van der Waals surface area (Å²) in [6.45, 7) is 8.25. The zero-order valence-corrected chi connectivity index (χ0v) is 13.5. The van der Waals surface area contributed by atoms with E-state index in [1.807, 2.05) is 14.2 Å². The summed E-state index contributed by atoms with van der Waals surface area (Å²) in [6.07, 6.45) is 1.25. The maximum atomic E-state index is 5.85. The van der Waals surface area contributed by atoms with E-state index in [2.05, 4.69) is 25.0 Å². The molecule has 0 bridgehead atoms. The van der Waals surface area contributed by atoms with Gasteiger partial charge in [-0.1, -0.05) is 20.8 Å². The van der Waals surface area contributed by atoms with E-state index in [0.29, 0.717) is 0 Å². The Bertz CT molecular complexity index is 210. The summed E-state index contributed by atoms with van der Waals surface area (Å²) >= 11 is 0. The van der Waals surface area contributed by atoms with E-state index >= 15 is 0 Å². The van der Waals surface area contributed by atoms with E-state index in [-0.39, 0.29) is 0 Å². The molecule has 0 saturated carbocycles. The lowest BCUT2D eigenvalue weighted by Crippen LogP contribution is -2.65. The molecule has 0 atom stereocenters. The van der Waals surface area contributed by atoms with Crippen LogP contribution >= 0.6 is 0 Å². The van der Waals surface area contributed by atoms with Gasteiger partial charge in [0.2, 0.25) is 0 Å². The van der Waals surface area contributed by atoms with Gasteiger partial charge in [0.15, 0.2) is 0 Å². The minimum absolute atomic E-state index is 1.15. The van der Waals surface area contributed by atoms with Gasteiger partial charge < -0.3 is 13.1 Å². The quantitative estimate of drug-likeness (QED) is 0.686. The van der Waals surface area contributed by atoms with Crippen LogP contribution in [-0.2, 0) is 8.85 Å². The van der Waals surface area contributed by atoms with Crippen molar-refractivity contribution < 1.29 is 8.85 Å². The highest BCUT2D eigenvalue weighted by Gasteiger charge is 2.54. The summed E-state index contributed by atoms with van der Waals surface area (Å²) in [5.41, 5.74) is 0. The van der Waals surface area contributed by atoms with Crippen LogP contribution in [0.5, 0.6) is 0 Å². The van der Waals surface area contributed by atoms with E-state index in [4.69, 9.17) is 8.85 Å². The number of nitrogens with zero attached hydrogens (tertiary/aromatic N) is 1. The van der Waals surface area contributed by atoms with Crippen LogP contribution < -0.4 is 0 Å². The van der Waals surface area contributed by atoms with E-state index < -0.39 is 17.0 Å². The Morgan fingerprint density at radius 1 is 1.06 bits per heavy atom. The highest BCUT2D eigenvalue weighted by molar-refractivity contribution is 6.88. The van der Waals surface area contributed by atoms with Gasteiger partial charge in [0, 0.05) is 20.3 Å². The fraction of sp³-hybridized carbons (Fsp3) is 1.00. The Balaban J connectivity index is 2.99. The second kappa shape index (κ2) is 5.77. The van der Waals surface area contributed by atoms with E-state index in [0.717, 1.165) is 6.04 Å². The van der Waals surface area contributed by atoms with Crippen LogP contribution in [0.1, 0.15) is 27.2 Å². The maximum Gasteiger partial charge on any atom is 0.420 e. The maximum absolute atomic E-state index is 5.85. The zero-order chi connectivity index (χ0) is 12.2. The Hall–Kier alpha value is 0.314. The van der Waals surface area contributed by atoms with Crippen LogP contribution in [-0.4, -0.2) is 42.0 Å². The van der Waals surface area contributed by atoms with Crippen LogP contribution in [0.25, 0.3) is 0 Å². The van der Waals surface area contributed by atoms with Gasteiger partial charge >= 0.3 is 8.72 Å². The van der Waals surface area contributed by atoms with Crippen molar-refractivity contribution in [3.05, 3.63) is 0 Å². The molecule has 0 aliphatic carbocycles. The van der Waals surface area contributed by atoms with Gasteiger partial charge in [0.1, 0.15) is 8.24 Å². The Kier molecular flexibility index (Phi) is 5.19. The van der Waals surface area contributed by atoms with Gasteiger partial charge in [-0.2, -0.15) is 0 Å². The smallest absolute Gasteiger partial charge is 0.386 e. The van der Waals surface area contributed by atoms with Crippen LogP contribution in [0.2, 0.25) is 24.2 Å². The van der Waals surface area contributed by atoms with E-state index in [1.165, 1.54) is 31.1 Å². The Labute approximate surface area is 103 Å². The molecule has 0 aromatic rings. The van der Waals surface area contributed by atoms with Crippen molar-refractivity contribution in [1.82, 2.24) is 4.23 Å². The predicted octanol–water partition coefficient (Wildman–Crippen LogP) is 2.93. The first kappa shape index (κ1) is 14.4. The van der Waals surface area contributed by atoms with Gasteiger partial charge in [0.25, 0.3) is 0 Å². The highest BCUT2D eigenvalue weighted by atomic mass is 28.4. The molecule has 16 heavy (non-hydrogen) atoms. The first-order valence-corrected chi connectivity index (χ1v) is 11.1. The SMILES string of the molecule is CC[Si](CC)(CC)N1CCC[Si]1(OC)OC. The van der Waals surface area contributed by atoms with Crippen LogP contribution in [0.3, 0.4) is 0 Å². The third kappa shape index (κ3) is 2.15. The first-order valence-electron chi connectivity index (χ1n) is 6.52. The van der Waals surface area contributed by atoms with Crippen molar-refractivity contribution in [2.75, 3.05) is 20.8 Å². The fourth-order valence-electron chi connectivity index (χ4n) is 3.19. The molecule has 0 spiro atoms. The van der Waals surface area contributed by atoms with Gasteiger partial charge in [-0.05, 0) is 31.1 Å². The molecule has 0 radical (unpaired) electrons. The Morgan fingerprint density at radius 3 is 1.94 bits per heavy atom. The lowest BCUT2D eigenvalue weighted by molar-refractivity contribution is 0.209. The molecule has 0 aromatic carbocycles. The molecule has 96 valence electrons. The zero-order valence-electron chi connectivity index (χ0n) is 11.5. The molecule has 5 heteroatoms. The molecule has 1 heterocycles. The van der Waals surface area contributed by atoms with Crippen molar-refractivity contribution in [3.63, 3.8) is 0 Å². The minimum atomic E-state index is -2.01. The predicted molar refractivity (Wildman–Crippen MR) is 73.1 cm³/mol. The molecular weight excluding hydrogens is 234 g/mol. The van der Waals surface area contributed by atoms with Crippen LogP contribution in [0.15, 0.2) is 0 Å². The number of hydrogen-bond acceptors (Lipinski definition) is 3. The molecule has 1 aliphatic heterocycles. The van der Waals surface area contributed by atoms with Gasteiger partial charge in [-0.15, -0.1) is 0 Å². The monoisotopic (exact) mass is 261 g/mol. The Morgan fingerprint density at radius 2 is 1.56 bits per heavy atom. The van der Waals surface area contributed by atoms with Crippen molar-refractivity contribution in [3.8, 4) is 0 Å². The molecule has 0 amide bonds. The standard InChI is InChI=1S/C11H27NO2Si2/c1-6-15(7-2,8-3)12-10-9-11-16(12,13-4)14-5/h6-11H2,1-5H3. The molecular formula is C11H27NO2Si2. The summed E-state index contributed by atoms with van der Waals surface area (Å²) in [5.74, 6) is 0. The number of rotatable bonds is 6. The lowest BCUT2D eigenvalue weighted by Gasteiger charge is -2.45. The average Bonchev–Trinajstić information content (AvgIpc) is 2.77. The second-order valence-corrected chi connectivity index (χ2v) is 13.5. The molecule has 1 fully saturated rings. The largest absolute Gasteiger partial charge is 0.420 e. The molecule has 0 N–H and O–H groups in total. The summed E-state index contributed by atoms with van der Waals surface area (Å²) < 4.78 is 14.4.